The predicted octanol–water partition coefficient (Wildman–Crippen LogP) is 3.52. The lowest BCUT2D eigenvalue weighted by Crippen LogP contribution is -2.17. The number of H-pyrrole nitrogens is 1. The lowest BCUT2D eigenvalue weighted by atomic mass is 10.3. The molecule has 0 spiro atoms. The van der Waals surface area contributed by atoms with Crippen molar-refractivity contribution in [2.24, 2.45) is 0 Å². The van der Waals surface area contributed by atoms with Crippen LogP contribution in [0, 0.1) is 5.82 Å². The Labute approximate surface area is 138 Å². The van der Waals surface area contributed by atoms with Crippen molar-refractivity contribution in [3.8, 4) is 5.69 Å². The first-order chi connectivity index (χ1) is 11.7. The highest BCUT2D eigenvalue weighted by Gasteiger charge is 2.08. The second-order valence-corrected chi connectivity index (χ2v) is 5.71. The summed E-state index contributed by atoms with van der Waals surface area (Å²) in [5, 5.41) is 5.44. The number of nitrogens with one attached hydrogen (secondary N) is 1. The van der Waals surface area contributed by atoms with Crippen LogP contribution < -0.4 is 4.90 Å². The van der Waals surface area contributed by atoms with Gasteiger partial charge in [-0.2, -0.15) is 5.10 Å². The van der Waals surface area contributed by atoms with Crippen LogP contribution in [-0.2, 0) is 6.54 Å². The Kier molecular flexibility index (Phi) is 3.49. The molecule has 4 rings (SSSR count). The van der Waals surface area contributed by atoms with Crippen LogP contribution in [0.15, 0.2) is 61.1 Å². The van der Waals surface area contributed by atoms with Crippen LogP contribution in [0.25, 0.3) is 16.7 Å². The third-order valence-electron chi connectivity index (χ3n) is 3.93. The van der Waals surface area contributed by atoms with Crippen molar-refractivity contribution in [2.75, 3.05) is 11.9 Å². The molecule has 0 aliphatic rings. The number of rotatable bonds is 4. The van der Waals surface area contributed by atoms with Crippen molar-refractivity contribution in [3.63, 3.8) is 0 Å². The highest BCUT2D eigenvalue weighted by Crippen LogP contribution is 2.18. The normalized spacial score (nSPS) is 11.1. The van der Waals surface area contributed by atoms with Gasteiger partial charge in [0.2, 0.25) is 0 Å². The van der Waals surface area contributed by atoms with Crippen molar-refractivity contribution in [3.05, 3.63) is 72.4 Å². The Morgan fingerprint density at radius 1 is 1.12 bits per heavy atom. The SMILES string of the molecule is CN(Cc1cnn(-c2ccc(F)cc2)c1)c1ccc2cc[nH]c2n1. The zero-order valence-electron chi connectivity index (χ0n) is 13.1. The maximum absolute atomic E-state index is 13.0. The first-order valence-corrected chi connectivity index (χ1v) is 7.64. The number of fused-ring (bicyclic) bond motifs is 1. The maximum Gasteiger partial charge on any atom is 0.139 e. The smallest absolute Gasteiger partial charge is 0.139 e. The van der Waals surface area contributed by atoms with E-state index >= 15 is 0 Å². The topological polar surface area (TPSA) is 49.7 Å². The molecule has 6 heteroatoms. The second-order valence-electron chi connectivity index (χ2n) is 5.71. The zero-order valence-corrected chi connectivity index (χ0v) is 13.1. The third kappa shape index (κ3) is 2.74. The van der Waals surface area contributed by atoms with Gasteiger partial charge in [-0.15, -0.1) is 0 Å². The van der Waals surface area contributed by atoms with Gasteiger partial charge in [-0.25, -0.2) is 14.1 Å². The molecule has 0 atom stereocenters. The Balaban J connectivity index is 1.53. The standard InChI is InChI=1S/C18H16FN5/c1-23(17-7-2-14-8-9-20-18(14)22-17)11-13-10-21-24(12-13)16-5-3-15(19)4-6-16/h2-10,12H,11H2,1H3,(H,20,22). The van der Waals surface area contributed by atoms with Crippen molar-refractivity contribution in [1.82, 2.24) is 19.7 Å². The minimum atomic E-state index is -0.253. The molecular weight excluding hydrogens is 305 g/mol. The average Bonchev–Trinajstić information content (AvgIpc) is 3.24. The van der Waals surface area contributed by atoms with Gasteiger partial charge >= 0.3 is 0 Å². The summed E-state index contributed by atoms with van der Waals surface area (Å²) < 4.78 is 14.7. The molecule has 0 radical (unpaired) electrons. The zero-order chi connectivity index (χ0) is 16.5. The minimum Gasteiger partial charge on any atom is -0.355 e. The highest BCUT2D eigenvalue weighted by atomic mass is 19.1. The largest absolute Gasteiger partial charge is 0.355 e. The van der Waals surface area contributed by atoms with Crippen molar-refractivity contribution in [1.29, 1.82) is 0 Å². The predicted molar refractivity (Wildman–Crippen MR) is 91.7 cm³/mol. The first kappa shape index (κ1) is 14.4. The Bertz CT molecular complexity index is 970. The number of halogens is 1. The molecule has 24 heavy (non-hydrogen) atoms. The van der Waals surface area contributed by atoms with Crippen molar-refractivity contribution in [2.45, 2.75) is 6.54 Å². The van der Waals surface area contributed by atoms with Gasteiger partial charge in [-0.3, -0.25) is 0 Å². The van der Waals surface area contributed by atoms with Crippen LogP contribution in [0.1, 0.15) is 5.56 Å². The quantitative estimate of drug-likeness (QED) is 0.625. The molecular formula is C18H16FN5. The van der Waals surface area contributed by atoms with Crippen LogP contribution in [0.4, 0.5) is 10.2 Å². The molecule has 120 valence electrons. The molecule has 0 unspecified atom stereocenters. The molecule has 3 aromatic heterocycles. The van der Waals surface area contributed by atoms with E-state index in [4.69, 9.17) is 0 Å². The third-order valence-corrected chi connectivity index (χ3v) is 3.93. The van der Waals surface area contributed by atoms with E-state index < -0.39 is 0 Å². The lowest BCUT2D eigenvalue weighted by Gasteiger charge is -2.17. The van der Waals surface area contributed by atoms with Gasteiger partial charge in [0, 0.05) is 36.9 Å². The van der Waals surface area contributed by atoms with Gasteiger partial charge in [-0.1, -0.05) is 0 Å². The summed E-state index contributed by atoms with van der Waals surface area (Å²) in [5.41, 5.74) is 2.76. The van der Waals surface area contributed by atoms with E-state index in [0.717, 1.165) is 28.1 Å². The molecule has 0 saturated heterocycles. The average molecular weight is 321 g/mol. The monoisotopic (exact) mass is 321 g/mol. The summed E-state index contributed by atoms with van der Waals surface area (Å²) >= 11 is 0. The van der Waals surface area contributed by atoms with Gasteiger partial charge in [0.1, 0.15) is 17.3 Å². The van der Waals surface area contributed by atoms with Gasteiger partial charge in [0.25, 0.3) is 0 Å². The van der Waals surface area contributed by atoms with E-state index in [-0.39, 0.29) is 5.82 Å². The Hall–Kier alpha value is -3.15. The Morgan fingerprint density at radius 2 is 1.96 bits per heavy atom. The number of anilines is 1. The van der Waals surface area contributed by atoms with Crippen LogP contribution in [0.2, 0.25) is 0 Å². The Morgan fingerprint density at radius 3 is 2.79 bits per heavy atom. The molecule has 0 aliphatic carbocycles. The van der Waals surface area contributed by atoms with Crippen LogP contribution in [-0.4, -0.2) is 26.8 Å². The summed E-state index contributed by atoms with van der Waals surface area (Å²) in [6.45, 7) is 0.681. The van der Waals surface area contributed by atoms with Crippen LogP contribution in [0.5, 0.6) is 0 Å². The fraction of sp³-hybridized carbons (Fsp3) is 0.111. The molecule has 0 saturated carbocycles. The summed E-state index contributed by atoms with van der Waals surface area (Å²) in [5.74, 6) is 0.635. The van der Waals surface area contributed by atoms with E-state index in [9.17, 15) is 4.39 Å². The van der Waals surface area contributed by atoms with E-state index in [1.54, 1.807) is 16.8 Å². The molecule has 1 aromatic carbocycles. The summed E-state index contributed by atoms with van der Waals surface area (Å²) in [4.78, 5) is 9.79. The molecule has 0 fully saturated rings. The number of nitrogens with zero attached hydrogens (tertiary/aromatic N) is 4. The number of aromatic amines is 1. The van der Waals surface area contributed by atoms with Gasteiger partial charge in [0.15, 0.2) is 0 Å². The fourth-order valence-corrected chi connectivity index (χ4v) is 2.66. The van der Waals surface area contributed by atoms with E-state index in [1.807, 2.05) is 43.8 Å². The van der Waals surface area contributed by atoms with Gasteiger partial charge in [0.05, 0.1) is 11.9 Å². The maximum atomic E-state index is 13.0. The number of benzene rings is 1. The summed E-state index contributed by atoms with van der Waals surface area (Å²) in [6, 6.07) is 12.3. The summed E-state index contributed by atoms with van der Waals surface area (Å²) in [7, 11) is 1.99. The first-order valence-electron chi connectivity index (χ1n) is 7.64. The molecule has 1 N–H and O–H groups in total. The van der Waals surface area contributed by atoms with Crippen molar-refractivity contribution < 1.29 is 4.39 Å². The molecule has 0 bridgehead atoms. The lowest BCUT2D eigenvalue weighted by molar-refractivity contribution is 0.627. The molecule has 0 aliphatic heterocycles. The second kappa shape index (κ2) is 5.81. The minimum absolute atomic E-state index is 0.253. The number of hydrogen-bond donors (Lipinski definition) is 1. The van der Waals surface area contributed by atoms with Crippen LogP contribution >= 0.6 is 0 Å². The molecule has 4 aromatic rings. The number of hydrogen-bond acceptors (Lipinski definition) is 3. The fourth-order valence-electron chi connectivity index (χ4n) is 2.66. The number of aromatic nitrogens is 4. The van der Waals surface area contributed by atoms with Gasteiger partial charge < -0.3 is 9.88 Å². The van der Waals surface area contributed by atoms with E-state index in [2.05, 4.69) is 20.0 Å². The van der Waals surface area contributed by atoms with Gasteiger partial charge in [-0.05, 0) is 42.5 Å². The molecule has 0 amide bonds. The molecule has 5 nitrogen and oxygen atoms in total. The van der Waals surface area contributed by atoms with Crippen LogP contribution in [0.3, 0.4) is 0 Å². The summed E-state index contributed by atoms with van der Waals surface area (Å²) in [6.07, 6.45) is 5.64. The molecule has 3 heterocycles. The number of pyridine rings is 1. The van der Waals surface area contributed by atoms with E-state index in [1.165, 1.54) is 12.1 Å². The highest BCUT2D eigenvalue weighted by molar-refractivity contribution is 5.77. The van der Waals surface area contributed by atoms with E-state index in [0.29, 0.717) is 6.54 Å². The van der Waals surface area contributed by atoms with Crippen molar-refractivity contribution >= 4 is 16.9 Å².